The maximum absolute atomic E-state index is 12.3. The molecule has 2 aromatic carbocycles. The smallest absolute Gasteiger partial charge is 0.250 e. The molecule has 0 spiro atoms. The van der Waals surface area contributed by atoms with E-state index in [-0.39, 0.29) is 17.9 Å². The largest absolute Gasteiger partial charge is 0.497 e. The van der Waals surface area contributed by atoms with E-state index in [1.807, 2.05) is 61.5 Å². The van der Waals surface area contributed by atoms with E-state index in [0.717, 1.165) is 22.6 Å². The monoisotopic (exact) mass is 387 g/mol. The lowest BCUT2D eigenvalue weighted by atomic mass is 10.1. The average molecular weight is 387 g/mol. The summed E-state index contributed by atoms with van der Waals surface area (Å²) in [5.74, 6) is 1.31. The van der Waals surface area contributed by atoms with Gasteiger partial charge in [0, 0.05) is 11.8 Å². The lowest BCUT2D eigenvalue weighted by Crippen LogP contribution is -2.19. The Morgan fingerprint density at radius 3 is 2.66 bits per heavy atom. The van der Waals surface area contributed by atoms with Gasteiger partial charge < -0.3 is 10.1 Å². The minimum absolute atomic E-state index is 0.0829. The molecule has 2 N–H and O–H groups in total. The average Bonchev–Trinajstić information content (AvgIpc) is 3.14. The van der Waals surface area contributed by atoms with Crippen LogP contribution in [0.5, 0.6) is 5.75 Å². The van der Waals surface area contributed by atoms with E-state index in [4.69, 9.17) is 4.74 Å². The van der Waals surface area contributed by atoms with Crippen LogP contribution >= 0.6 is 0 Å². The number of hydrogen-bond acceptors (Lipinski definition) is 5. The molecule has 1 atom stereocenters. The number of hydrogen-bond donors (Lipinski definition) is 2. The lowest BCUT2D eigenvalue weighted by Gasteiger charge is -2.22. The molecule has 0 fully saturated rings. The molecule has 1 aliphatic heterocycles. The van der Waals surface area contributed by atoms with Crippen LogP contribution in [-0.2, 0) is 4.79 Å². The number of nitrogens with one attached hydrogen (secondary N) is 2. The van der Waals surface area contributed by atoms with Crippen LogP contribution in [0.2, 0.25) is 0 Å². The van der Waals surface area contributed by atoms with Crippen LogP contribution in [-0.4, -0.2) is 27.8 Å². The highest BCUT2D eigenvalue weighted by molar-refractivity contribution is 6.00. The van der Waals surface area contributed by atoms with Crippen LogP contribution < -0.4 is 15.4 Å². The number of rotatable bonds is 5. The van der Waals surface area contributed by atoms with Crippen molar-refractivity contribution in [2.45, 2.75) is 13.0 Å². The summed E-state index contributed by atoms with van der Waals surface area (Å²) < 4.78 is 6.90. The summed E-state index contributed by atoms with van der Waals surface area (Å²) in [4.78, 5) is 16.7. The molecule has 2 heterocycles. The number of carbonyl (C=O) groups is 1. The van der Waals surface area contributed by atoms with Crippen molar-refractivity contribution in [3.63, 3.8) is 0 Å². The highest BCUT2D eigenvalue weighted by atomic mass is 16.5. The normalized spacial score (nSPS) is 15.4. The van der Waals surface area contributed by atoms with Gasteiger partial charge in [-0.1, -0.05) is 42.5 Å². The van der Waals surface area contributed by atoms with Crippen LogP contribution in [0.4, 0.5) is 11.9 Å². The molecule has 29 heavy (non-hydrogen) atoms. The number of fused-ring (bicyclic) bond motifs is 1. The fourth-order valence-electron chi connectivity index (χ4n) is 3.11. The first-order valence-electron chi connectivity index (χ1n) is 9.22. The van der Waals surface area contributed by atoms with Crippen LogP contribution in [0.15, 0.2) is 72.4 Å². The maximum atomic E-state index is 12.3. The van der Waals surface area contributed by atoms with Gasteiger partial charge in [0.25, 0.3) is 11.9 Å². The number of ether oxygens (including phenoxy) is 1. The zero-order chi connectivity index (χ0) is 20.2. The topological polar surface area (TPSA) is 81.1 Å². The second-order valence-corrected chi connectivity index (χ2v) is 6.63. The standard InChI is InChI=1S/C22H21N5O2/c1-15-14-19(17-6-4-3-5-7-17)27-22(23-15)25-21(26-27)24-20(28)13-10-16-8-11-18(29-2)12-9-16/h3-14,19H,1-2H3,(H2,23,24,25,26,28)/b13-10+/t19-/m1/s1. The molecule has 0 aliphatic carbocycles. The Balaban J connectivity index is 1.49. The van der Waals surface area contributed by atoms with E-state index >= 15 is 0 Å². The third-order valence-electron chi connectivity index (χ3n) is 4.53. The maximum Gasteiger partial charge on any atom is 0.250 e. The van der Waals surface area contributed by atoms with Gasteiger partial charge in [-0.25, -0.2) is 4.68 Å². The molecule has 1 amide bonds. The van der Waals surface area contributed by atoms with E-state index < -0.39 is 0 Å². The van der Waals surface area contributed by atoms with E-state index in [0.29, 0.717) is 5.95 Å². The number of nitrogens with zero attached hydrogens (tertiary/aromatic N) is 3. The predicted octanol–water partition coefficient (Wildman–Crippen LogP) is 3.86. The van der Waals surface area contributed by atoms with Crippen LogP contribution in [0, 0.1) is 0 Å². The summed E-state index contributed by atoms with van der Waals surface area (Å²) in [6.45, 7) is 1.98. The molecule has 0 saturated heterocycles. The van der Waals surface area contributed by atoms with Crippen molar-refractivity contribution in [3.05, 3.63) is 83.6 Å². The second-order valence-electron chi connectivity index (χ2n) is 6.63. The Labute approximate surface area is 168 Å². The van der Waals surface area contributed by atoms with Crippen molar-refractivity contribution in [3.8, 4) is 5.75 Å². The van der Waals surface area contributed by atoms with Crippen molar-refractivity contribution in [1.29, 1.82) is 0 Å². The van der Waals surface area contributed by atoms with E-state index in [2.05, 4.69) is 26.8 Å². The molecule has 146 valence electrons. The number of allylic oxidation sites excluding steroid dienone is 2. The number of aromatic nitrogens is 3. The van der Waals surface area contributed by atoms with Gasteiger partial charge in [0.05, 0.1) is 7.11 Å². The molecular weight excluding hydrogens is 366 g/mol. The highest BCUT2D eigenvalue weighted by Crippen LogP contribution is 2.29. The molecule has 3 aromatic rings. The van der Waals surface area contributed by atoms with Crippen molar-refractivity contribution >= 4 is 23.9 Å². The summed E-state index contributed by atoms with van der Waals surface area (Å²) in [5.41, 5.74) is 2.97. The zero-order valence-corrected chi connectivity index (χ0v) is 16.2. The molecule has 7 heteroatoms. The number of anilines is 2. The Hall–Kier alpha value is -3.87. The molecule has 1 aliphatic rings. The van der Waals surface area contributed by atoms with Crippen molar-refractivity contribution in [2.24, 2.45) is 0 Å². The Morgan fingerprint density at radius 1 is 1.17 bits per heavy atom. The number of carbonyl (C=O) groups excluding carboxylic acids is 1. The molecule has 7 nitrogen and oxygen atoms in total. The van der Waals surface area contributed by atoms with Gasteiger partial charge in [-0.05, 0) is 42.3 Å². The predicted molar refractivity (Wildman–Crippen MR) is 113 cm³/mol. The Kier molecular flexibility index (Phi) is 5.11. The molecule has 0 saturated carbocycles. The van der Waals surface area contributed by atoms with Gasteiger partial charge in [0.2, 0.25) is 5.95 Å². The zero-order valence-electron chi connectivity index (χ0n) is 16.2. The molecule has 0 bridgehead atoms. The minimum Gasteiger partial charge on any atom is -0.497 e. The van der Waals surface area contributed by atoms with E-state index in [9.17, 15) is 4.79 Å². The number of amides is 1. The summed E-state index contributed by atoms with van der Waals surface area (Å²) in [6.07, 6.45) is 5.25. The minimum atomic E-state index is -0.301. The molecular formula is C22H21N5O2. The van der Waals surface area contributed by atoms with Crippen molar-refractivity contribution < 1.29 is 9.53 Å². The molecule has 0 radical (unpaired) electrons. The summed E-state index contributed by atoms with van der Waals surface area (Å²) >= 11 is 0. The van der Waals surface area contributed by atoms with Gasteiger partial charge in [0.15, 0.2) is 0 Å². The summed E-state index contributed by atoms with van der Waals surface area (Å²) in [7, 11) is 1.62. The molecule has 1 aromatic heterocycles. The van der Waals surface area contributed by atoms with Crippen molar-refractivity contribution in [2.75, 3.05) is 17.7 Å². The molecule has 0 unspecified atom stereocenters. The van der Waals surface area contributed by atoms with Gasteiger partial charge in [-0.2, -0.15) is 4.98 Å². The second kappa shape index (κ2) is 8.02. The van der Waals surface area contributed by atoms with Gasteiger partial charge in [-0.3, -0.25) is 10.1 Å². The first-order valence-corrected chi connectivity index (χ1v) is 9.22. The number of benzene rings is 2. The summed E-state index contributed by atoms with van der Waals surface area (Å²) in [6, 6.07) is 17.4. The van der Waals surface area contributed by atoms with E-state index in [1.54, 1.807) is 17.9 Å². The first kappa shape index (κ1) is 18.5. The summed E-state index contributed by atoms with van der Waals surface area (Å²) in [5, 5.41) is 10.4. The van der Waals surface area contributed by atoms with E-state index in [1.165, 1.54) is 6.08 Å². The van der Waals surface area contributed by atoms with Crippen molar-refractivity contribution in [1.82, 2.24) is 14.8 Å². The lowest BCUT2D eigenvalue weighted by molar-refractivity contribution is -0.111. The Bertz CT molecular complexity index is 1070. The quantitative estimate of drug-likeness (QED) is 0.650. The first-order chi connectivity index (χ1) is 14.1. The fraction of sp³-hybridized carbons (Fsp3) is 0.136. The van der Waals surface area contributed by atoms with Crippen LogP contribution in [0.1, 0.15) is 24.1 Å². The van der Waals surface area contributed by atoms with Crippen LogP contribution in [0.25, 0.3) is 6.08 Å². The number of methoxy groups -OCH3 is 1. The molecule has 4 rings (SSSR count). The third-order valence-corrected chi connectivity index (χ3v) is 4.53. The van der Waals surface area contributed by atoms with Gasteiger partial charge >= 0.3 is 0 Å². The Morgan fingerprint density at radius 2 is 1.93 bits per heavy atom. The SMILES string of the molecule is COc1ccc(/C=C/C(=O)Nc2nc3n(n2)[C@@H](c2ccccc2)C=C(C)N3)cc1. The van der Waals surface area contributed by atoms with Gasteiger partial charge in [0.1, 0.15) is 11.8 Å². The highest BCUT2D eigenvalue weighted by Gasteiger charge is 2.23. The van der Waals surface area contributed by atoms with Gasteiger partial charge in [-0.15, -0.1) is 5.10 Å². The fourth-order valence-corrected chi connectivity index (χ4v) is 3.11. The third kappa shape index (κ3) is 4.19. The van der Waals surface area contributed by atoms with Crippen LogP contribution in [0.3, 0.4) is 0 Å².